The minimum atomic E-state index is -0.909. The summed E-state index contributed by atoms with van der Waals surface area (Å²) in [6.45, 7) is 4.64. The SMILES string of the molecule is CCc1cc(CCCCCN(C(=O)O)c2ccccc2)c(OC)nc1C. The summed E-state index contributed by atoms with van der Waals surface area (Å²) in [6, 6.07) is 11.4. The van der Waals surface area contributed by atoms with Crippen LogP contribution >= 0.6 is 0 Å². The van der Waals surface area contributed by atoms with E-state index in [2.05, 4.69) is 18.0 Å². The lowest BCUT2D eigenvalue weighted by molar-refractivity contribution is 0.201. The van der Waals surface area contributed by atoms with E-state index >= 15 is 0 Å². The predicted molar refractivity (Wildman–Crippen MR) is 104 cm³/mol. The summed E-state index contributed by atoms with van der Waals surface area (Å²) >= 11 is 0. The van der Waals surface area contributed by atoms with Gasteiger partial charge in [0.25, 0.3) is 0 Å². The molecule has 1 N–H and O–H groups in total. The Bertz CT molecular complexity index is 717. The third-order valence-corrected chi connectivity index (χ3v) is 4.56. The highest BCUT2D eigenvalue weighted by molar-refractivity contribution is 5.85. The van der Waals surface area contributed by atoms with Crippen molar-refractivity contribution in [1.29, 1.82) is 0 Å². The van der Waals surface area contributed by atoms with E-state index in [1.165, 1.54) is 10.5 Å². The lowest BCUT2D eigenvalue weighted by atomic mass is 10.0. The first-order valence-electron chi connectivity index (χ1n) is 9.15. The molecular weight excluding hydrogens is 328 g/mol. The number of carboxylic acid groups (broad SMARTS) is 1. The number of para-hydroxylation sites is 1. The van der Waals surface area contributed by atoms with Crippen molar-refractivity contribution >= 4 is 11.8 Å². The van der Waals surface area contributed by atoms with Crippen LogP contribution in [0.3, 0.4) is 0 Å². The quantitative estimate of drug-likeness (QED) is 0.652. The molecule has 0 fully saturated rings. The van der Waals surface area contributed by atoms with Gasteiger partial charge in [0.05, 0.1) is 7.11 Å². The van der Waals surface area contributed by atoms with Gasteiger partial charge in [-0.15, -0.1) is 0 Å². The van der Waals surface area contributed by atoms with Crippen LogP contribution in [0.15, 0.2) is 36.4 Å². The van der Waals surface area contributed by atoms with Crippen molar-refractivity contribution in [3.05, 3.63) is 53.2 Å². The third-order valence-electron chi connectivity index (χ3n) is 4.56. The molecule has 26 heavy (non-hydrogen) atoms. The number of hydrogen-bond donors (Lipinski definition) is 1. The molecule has 5 heteroatoms. The maximum Gasteiger partial charge on any atom is 0.411 e. The average Bonchev–Trinajstić information content (AvgIpc) is 2.65. The van der Waals surface area contributed by atoms with Crippen molar-refractivity contribution < 1.29 is 14.6 Å². The van der Waals surface area contributed by atoms with E-state index in [1.54, 1.807) is 7.11 Å². The molecule has 0 bridgehead atoms. The van der Waals surface area contributed by atoms with Crippen molar-refractivity contribution in [3.63, 3.8) is 0 Å². The van der Waals surface area contributed by atoms with Crippen LogP contribution in [0.5, 0.6) is 5.88 Å². The third kappa shape index (κ3) is 5.22. The number of carbonyl (C=O) groups is 1. The van der Waals surface area contributed by atoms with E-state index in [4.69, 9.17) is 4.74 Å². The average molecular weight is 356 g/mol. The van der Waals surface area contributed by atoms with Gasteiger partial charge in [-0.2, -0.15) is 0 Å². The first-order valence-corrected chi connectivity index (χ1v) is 9.15. The number of nitrogens with zero attached hydrogens (tertiary/aromatic N) is 2. The molecule has 1 aromatic heterocycles. The van der Waals surface area contributed by atoms with E-state index in [9.17, 15) is 9.90 Å². The maximum absolute atomic E-state index is 11.5. The highest BCUT2D eigenvalue weighted by Crippen LogP contribution is 2.22. The van der Waals surface area contributed by atoms with Gasteiger partial charge in [0.1, 0.15) is 0 Å². The van der Waals surface area contributed by atoms with Gasteiger partial charge in [0.15, 0.2) is 0 Å². The van der Waals surface area contributed by atoms with Crippen LogP contribution in [-0.4, -0.2) is 29.8 Å². The number of ether oxygens (including phenoxy) is 1. The fourth-order valence-electron chi connectivity index (χ4n) is 3.09. The number of amides is 1. The monoisotopic (exact) mass is 356 g/mol. The number of anilines is 1. The van der Waals surface area contributed by atoms with Crippen molar-refractivity contribution in [1.82, 2.24) is 4.98 Å². The Balaban J connectivity index is 1.87. The van der Waals surface area contributed by atoms with Crippen molar-refractivity contribution in [2.24, 2.45) is 0 Å². The molecule has 0 spiro atoms. The van der Waals surface area contributed by atoms with Gasteiger partial charge in [-0.25, -0.2) is 9.78 Å². The molecule has 0 atom stereocenters. The standard InChI is InChI=1S/C21H28N2O3/c1-4-17-15-18(20(26-3)22-16(17)2)11-7-6-10-14-23(21(24)25)19-12-8-5-9-13-19/h5,8-9,12-13,15H,4,6-7,10-11,14H2,1-3H3,(H,24,25). The topological polar surface area (TPSA) is 62.7 Å². The number of methoxy groups -OCH3 is 1. The minimum Gasteiger partial charge on any atom is -0.481 e. The number of hydrogen-bond acceptors (Lipinski definition) is 3. The van der Waals surface area contributed by atoms with Gasteiger partial charge < -0.3 is 9.84 Å². The molecule has 2 rings (SSSR count). The first kappa shape index (κ1) is 19.8. The molecule has 0 saturated heterocycles. The van der Waals surface area contributed by atoms with E-state index in [0.717, 1.165) is 49.0 Å². The van der Waals surface area contributed by atoms with Crippen LogP contribution < -0.4 is 9.64 Å². The summed E-state index contributed by atoms with van der Waals surface area (Å²) in [5.74, 6) is 0.705. The Morgan fingerprint density at radius 2 is 1.88 bits per heavy atom. The van der Waals surface area contributed by atoms with Gasteiger partial charge in [-0.3, -0.25) is 4.90 Å². The lowest BCUT2D eigenvalue weighted by Crippen LogP contribution is -2.30. The molecule has 5 nitrogen and oxygen atoms in total. The van der Waals surface area contributed by atoms with Gasteiger partial charge in [0, 0.05) is 23.5 Å². The Morgan fingerprint density at radius 1 is 1.15 bits per heavy atom. The molecule has 1 aromatic carbocycles. The predicted octanol–water partition coefficient (Wildman–Crippen LogP) is 4.86. The molecule has 0 radical (unpaired) electrons. The van der Waals surface area contributed by atoms with Crippen molar-refractivity contribution in [3.8, 4) is 5.88 Å². The van der Waals surface area contributed by atoms with Crippen LogP contribution in [0, 0.1) is 6.92 Å². The Kier molecular flexibility index (Phi) is 7.45. The first-order chi connectivity index (χ1) is 12.6. The van der Waals surface area contributed by atoms with Crippen LogP contribution in [0.2, 0.25) is 0 Å². The summed E-state index contributed by atoms with van der Waals surface area (Å²) < 4.78 is 5.41. The van der Waals surface area contributed by atoms with Crippen LogP contribution in [0.1, 0.15) is 43.0 Å². The van der Waals surface area contributed by atoms with E-state index in [-0.39, 0.29) is 0 Å². The van der Waals surface area contributed by atoms with Crippen LogP contribution in [0.25, 0.3) is 0 Å². The number of rotatable bonds is 9. The number of unbranched alkanes of at least 4 members (excludes halogenated alkanes) is 2. The molecule has 0 unspecified atom stereocenters. The highest BCUT2D eigenvalue weighted by Gasteiger charge is 2.13. The molecule has 140 valence electrons. The van der Waals surface area contributed by atoms with E-state index < -0.39 is 6.09 Å². The zero-order valence-corrected chi connectivity index (χ0v) is 15.9. The summed E-state index contributed by atoms with van der Waals surface area (Å²) in [4.78, 5) is 17.4. The zero-order chi connectivity index (χ0) is 18.9. The molecule has 1 heterocycles. The molecule has 0 aliphatic carbocycles. The van der Waals surface area contributed by atoms with Crippen molar-refractivity contribution in [2.75, 3.05) is 18.6 Å². The second kappa shape index (κ2) is 9.80. The summed E-state index contributed by atoms with van der Waals surface area (Å²) in [6.07, 6.45) is 3.70. The largest absolute Gasteiger partial charge is 0.481 e. The summed E-state index contributed by atoms with van der Waals surface area (Å²) in [5.41, 5.74) is 4.13. The molecule has 0 saturated carbocycles. The molecule has 1 amide bonds. The molecule has 0 aliphatic rings. The normalized spacial score (nSPS) is 10.6. The Hall–Kier alpha value is -2.56. The fraction of sp³-hybridized carbons (Fsp3) is 0.429. The number of aryl methyl sites for hydroxylation is 3. The minimum absolute atomic E-state index is 0.503. The van der Waals surface area contributed by atoms with Gasteiger partial charge >= 0.3 is 6.09 Å². The second-order valence-electron chi connectivity index (χ2n) is 6.34. The number of aromatic nitrogens is 1. The van der Waals surface area contributed by atoms with E-state index in [0.29, 0.717) is 12.4 Å². The van der Waals surface area contributed by atoms with Crippen LogP contribution in [0.4, 0.5) is 10.5 Å². The second-order valence-corrected chi connectivity index (χ2v) is 6.34. The highest BCUT2D eigenvalue weighted by atomic mass is 16.5. The lowest BCUT2D eigenvalue weighted by Gasteiger charge is -2.19. The Morgan fingerprint density at radius 3 is 2.50 bits per heavy atom. The fourth-order valence-corrected chi connectivity index (χ4v) is 3.09. The van der Waals surface area contributed by atoms with Gasteiger partial charge in [-0.05, 0) is 56.4 Å². The Labute approximate surface area is 155 Å². The van der Waals surface area contributed by atoms with Gasteiger partial charge in [0.2, 0.25) is 5.88 Å². The number of benzene rings is 1. The summed E-state index contributed by atoms with van der Waals surface area (Å²) in [5, 5.41) is 9.41. The zero-order valence-electron chi connectivity index (χ0n) is 15.9. The molecule has 0 aliphatic heterocycles. The van der Waals surface area contributed by atoms with Crippen molar-refractivity contribution in [2.45, 2.75) is 46.0 Å². The smallest absolute Gasteiger partial charge is 0.411 e. The molecular formula is C21H28N2O3. The number of pyridine rings is 1. The summed E-state index contributed by atoms with van der Waals surface area (Å²) in [7, 11) is 1.65. The maximum atomic E-state index is 11.5. The van der Waals surface area contributed by atoms with E-state index in [1.807, 2.05) is 37.3 Å². The van der Waals surface area contributed by atoms with Crippen LogP contribution in [-0.2, 0) is 12.8 Å². The molecule has 2 aromatic rings. The van der Waals surface area contributed by atoms with Gasteiger partial charge in [-0.1, -0.05) is 31.5 Å².